The number of hydrogen-bond acceptors (Lipinski definition) is 5. The maximum atomic E-state index is 11.9. The van der Waals surface area contributed by atoms with E-state index in [1.54, 1.807) is 14.2 Å². The zero-order valence-corrected chi connectivity index (χ0v) is 10.7. The molecule has 2 unspecified atom stereocenters. The number of nitrogens with one attached hydrogen (secondary N) is 2. The van der Waals surface area contributed by atoms with Gasteiger partial charge >= 0.3 is 0 Å². The molecule has 2 atom stereocenters. The maximum absolute atomic E-state index is 11.9. The van der Waals surface area contributed by atoms with Crippen LogP contribution in [0, 0.1) is 5.92 Å². The fourth-order valence-corrected chi connectivity index (χ4v) is 1.85. The van der Waals surface area contributed by atoms with Crippen LogP contribution in [0.1, 0.15) is 6.92 Å². The molecule has 0 saturated carbocycles. The van der Waals surface area contributed by atoms with Gasteiger partial charge in [0, 0.05) is 20.3 Å². The van der Waals surface area contributed by atoms with Gasteiger partial charge in [-0.25, -0.2) is 0 Å². The first kappa shape index (κ1) is 14.4. The Bertz CT molecular complexity index is 234. The van der Waals surface area contributed by atoms with E-state index in [-0.39, 0.29) is 17.9 Å². The Morgan fingerprint density at radius 2 is 2.12 bits per heavy atom. The van der Waals surface area contributed by atoms with Crippen molar-refractivity contribution in [3.63, 3.8) is 0 Å². The second-order valence-corrected chi connectivity index (χ2v) is 3.95. The van der Waals surface area contributed by atoms with Crippen molar-refractivity contribution in [1.82, 2.24) is 10.6 Å². The minimum Gasteiger partial charge on any atom is -0.379 e. The molecule has 1 rings (SSSR count). The van der Waals surface area contributed by atoms with Crippen molar-refractivity contribution in [3.05, 3.63) is 0 Å². The van der Waals surface area contributed by atoms with Crippen LogP contribution >= 0.6 is 0 Å². The molecule has 0 spiro atoms. The summed E-state index contributed by atoms with van der Waals surface area (Å²) in [7, 11) is 3.08. The number of ether oxygens (including phenoxy) is 3. The van der Waals surface area contributed by atoms with E-state index in [1.807, 2.05) is 6.92 Å². The second kappa shape index (κ2) is 7.60. The summed E-state index contributed by atoms with van der Waals surface area (Å²) in [5, 5.41) is 6.05. The van der Waals surface area contributed by atoms with Crippen molar-refractivity contribution < 1.29 is 19.0 Å². The summed E-state index contributed by atoms with van der Waals surface area (Å²) in [5.41, 5.74) is 0. The summed E-state index contributed by atoms with van der Waals surface area (Å²) in [6.45, 7) is 4.24. The molecule has 1 amide bonds. The summed E-state index contributed by atoms with van der Waals surface area (Å²) in [4.78, 5) is 11.9. The summed E-state index contributed by atoms with van der Waals surface area (Å²) < 4.78 is 15.3. The van der Waals surface area contributed by atoms with Crippen molar-refractivity contribution in [3.8, 4) is 0 Å². The van der Waals surface area contributed by atoms with Gasteiger partial charge in [0.2, 0.25) is 5.91 Å². The van der Waals surface area contributed by atoms with Crippen LogP contribution in [0.3, 0.4) is 0 Å². The molecule has 1 saturated heterocycles. The van der Waals surface area contributed by atoms with Crippen LogP contribution in [0.5, 0.6) is 0 Å². The van der Waals surface area contributed by atoms with E-state index >= 15 is 0 Å². The Kier molecular flexibility index (Phi) is 6.43. The Hall–Kier alpha value is -0.690. The number of likely N-dealkylation sites (N-methyl/N-ethyl adjacent to an activating group) is 1. The molecule has 17 heavy (non-hydrogen) atoms. The summed E-state index contributed by atoms with van der Waals surface area (Å²) in [6, 6.07) is 0.100. The van der Waals surface area contributed by atoms with Gasteiger partial charge in [-0.05, 0) is 6.54 Å². The standard InChI is InChI=1S/C11H22N2O4/c1-4-12-9-7-17-6-8(9)11(14)13-5-10(15-2)16-3/h8-10,12H,4-7H2,1-3H3,(H,13,14). The molecule has 2 N–H and O–H groups in total. The third-order valence-corrected chi connectivity index (χ3v) is 2.85. The molecule has 0 aromatic carbocycles. The molecule has 6 nitrogen and oxygen atoms in total. The van der Waals surface area contributed by atoms with Crippen molar-refractivity contribution in [1.29, 1.82) is 0 Å². The fourth-order valence-electron chi connectivity index (χ4n) is 1.85. The molecular weight excluding hydrogens is 224 g/mol. The summed E-state index contributed by atoms with van der Waals surface area (Å²) in [5.74, 6) is -0.156. The predicted octanol–water partition coefficient (Wildman–Crippen LogP) is -0.654. The molecule has 1 aliphatic rings. The smallest absolute Gasteiger partial charge is 0.227 e. The van der Waals surface area contributed by atoms with E-state index in [2.05, 4.69) is 10.6 Å². The predicted molar refractivity (Wildman–Crippen MR) is 62.6 cm³/mol. The summed E-state index contributed by atoms with van der Waals surface area (Å²) >= 11 is 0. The Balaban J connectivity index is 2.35. The molecular formula is C11H22N2O4. The minimum absolute atomic E-state index is 0.0208. The van der Waals surface area contributed by atoms with E-state index in [9.17, 15) is 4.79 Å². The van der Waals surface area contributed by atoms with Gasteiger partial charge in [-0.2, -0.15) is 0 Å². The molecule has 100 valence electrons. The van der Waals surface area contributed by atoms with Gasteiger partial charge in [0.05, 0.1) is 25.7 Å². The maximum Gasteiger partial charge on any atom is 0.227 e. The number of carbonyl (C=O) groups excluding carboxylic acids is 1. The minimum atomic E-state index is -0.404. The van der Waals surface area contributed by atoms with Crippen molar-refractivity contribution in [2.45, 2.75) is 19.3 Å². The van der Waals surface area contributed by atoms with Crippen LogP contribution in [0.25, 0.3) is 0 Å². The summed E-state index contributed by atoms with van der Waals surface area (Å²) in [6.07, 6.45) is -0.404. The quantitative estimate of drug-likeness (QED) is 0.584. The van der Waals surface area contributed by atoms with Crippen molar-refractivity contribution in [2.24, 2.45) is 5.92 Å². The highest BCUT2D eigenvalue weighted by Crippen LogP contribution is 2.13. The average Bonchev–Trinajstić information content (AvgIpc) is 2.79. The number of methoxy groups -OCH3 is 2. The third-order valence-electron chi connectivity index (χ3n) is 2.85. The van der Waals surface area contributed by atoms with Crippen LogP contribution in [0.4, 0.5) is 0 Å². The van der Waals surface area contributed by atoms with E-state index in [4.69, 9.17) is 14.2 Å². The van der Waals surface area contributed by atoms with Gasteiger partial charge < -0.3 is 24.8 Å². The van der Waals surface area contributed by atoms with E-state index < -0.39 is 6.29 Å². The number of amides is 1. The molecule has 0 radical (unpaired) electrons. The molecule has 0 aliphatic carbocycles. The fraction of sp³-hybridized carbons (Fsp3) is 0.909. The van der Waals surface area contributed by atoms with E-state index in [0.29, 0.717) is 19.8 Å². The monoisotopic (exact) mass is 246 g/mol. The lowest BCUT2D eigenvalue weighted by molar-refractivity contribution is -0.131. The van der Waals surface area contributed by atoms with Gasteiger partial charge in [-0.15, -0.1) is 0 Å². The topological polar surface area (TPSA) is 68.8 Å². The van der Waals surface area contributed by atoms with Crippen LogP contribution < -0.4 is 10.6 Å². The van der Waals surface area contributed by atoms with E-state index in [1.165, 1.54) is 0 Å². The van der Waals surface area contributed by atoms with Gasteiger partial charge in [0.15, 0.2) is 6.29 Å². The zero-order valence-electron chi connectivity index (χ0n) is 10.7. The Labute approximate surface area is 102 Å². The lowest BCUT2D eigenvalue weighted by Crippen LogP contribution is -2.45. The second-order valence-electron chi connectivity index (χ2n) is 3.95. The van der Waals surface area contributed by atoms with E-state index in [0.717, 1.165) is 6.54 Å². The average molecular weight is 246 g/mol. The highest BCUT2D eigenvalue weighted by atomic mass is 16.7. The van der Waals surface area contributed by atoms with Crippen LogP contribution in [0.2, 0.25) is 0 Å². The molecule has 1 fully saturated rings. The van der Waals surface area contributed by atoms with Gasteiger partial charge in [-0.3, -0.25) is 4.79 Å². The van der Waals surface area contributed by atoms with Gasteiger partial charge in [0.25, 0.3) is 0 Å². The highest BCUT2D eigenvalue weighted by molar-refractivity contribution is 5.79. The largest absolute Gasteiger partial charge is 0.379 e. The Morgan fingerprint density at radius 1 is 1.41 bits per heavy atom. The first-order valence-electron chi connectivity index (χ1n) is 5.87. The molecule has 0 aromatic rings. The normalized spacial score (nSPS) is 24.2. The molecule has 1 aliphatic heterocycles. The first-order chi connectivity index (χ1) is 8.22. The number of rotatable bonds is 7. The molecule has 0 bridgehead atoms. The van der Waals surface area contributed by atoms with Crippen LogP contribution in [0.15, 0.2) is 0 Å². The zero-order chi connectivity index (χ0) is 12.7. The Morgan fingerprint density at radius 3 is 2.71 bits per heavy atom. The molecule has 6 heteroatoms. The van der Waals surface area contributed by atoms with Crippen LogP contribution in [-0.2, 0) is 19.0 Å². The lowest BCUT2D eigenvalue weighted by atomic mass is 10.0. The molecule has 0 aromatic heterocycles. The highest BCUT2D eigenvalue weighted by Gasteiger charge is 2.33. The van der Waals surface area contributed by atoms with Crippen molar-refractivity contribution >= 4 is 5.91 Å². The molecule has 1 heterocycles. The number of carbonyl (C=O) groups is 1. The number of hydrogen-bond donors (Lipinski definition) is 2. The van der Waals surface area contributed by atoms with Gasteiger partial charge in [-0.1, -0.05) is 6.92 Å². The van der Waals surface area contributed by atoms with Crippen molar-refractivity contribution in [2.75, 3.05) is 40.5 Å². The lowest BCUT2D eigenvalue weighted by Gasteiger charge is -2.19. The van der Waals surface area contributed by atoms with Crippen LogP contribution in [-0.4, -0.2) is 58.8 Å². The SMILES string of the molecule is CCNC1COCC1C(=O)NCC(OC)OC. The third kappa shape index (κ3) is 4.23. The van der Waals surface area contributed by atoms with Gasteiger partial charge in [0.1, 0.15) is 0 Å². The first-order valence-corrected chi connectivity index (χ1v) is 5.87.